The average molecular weight is 396 g/mol. The third-order valence-corrected chi connectivity index (χ3v) is 5.81. The van der Waals surface area contributed by atoms with Crippen molar-refractivity contribution in [3.05, 3.63) is 64.7 Å². The molecule has 3 N–H and O–H groups in total. The fraction of sp³-hybridized carbons (Fsp3) is 0.100. The number of hydrogen-bond donors (Lipinski definition) is 2. The van der Waals surface area contributed by atoms with Gasteiger partial charge in [0.05, 0.1) is 16.9 Å². The number of carbonyl (C=O) groups is 2. The lowest BCUT2D eigenvalue weighted by molar-refractivity contribution is 0.0893. The van der Waals surface area contributed by atoms with Gasteiger partial charge in [-0.2, -0.15) is 8.42 Å². The van der Waals surface area contributed by atoms with Crippen LogP contribution in [0.5, 0.6) is 0 Å². The summed E-state index contributed by atoms with van der Waals surface area (Å²) < 4.78 is 33.1. The van der Waals surface area contributed by atoms with E-state index in [2.05, 4.69) is 0 Å². The SMILES string of the molecule is Cc1ccc(C)c(N2C(=O)c3cccc4c(N)c(S(=O)(=O)O)cc(c34)C2=O)c1. The molecule has 1 aliphatic heterocycles. The highest BCUT2D eigenvalue weighted by atomic mass is 32.2. The molecule has 3 aromatic rings. The summed E-state index contributed by atoms with van der Waals surface area (Å²) in [5.74, 6) is -1.19. The second-order valence-corrected chi connectivity index (χ2v) is 8.16. The number of nitrogens with zero attached hydrogens (tertiary/aromatic N) is 1. The summed E-state index contributed by atoms with van der Waals surface area (Å²) >= 11 is 0. The van der Waals surface area contributed by atoms with E-state index in [0.29, 0.717) is 11.3 Å². The highest BCUT2D eigenvalue weighted by molar-refractivity contribution is 7.86. The Balaban J connectivity index is 2.09. The van der Waals surface area contributed by atoms with Gasteiger partial charge < -0.3 is 5.73 Å². The van der Waals surface area contributed by atoms with Crippen molar-refractivity contribution < 1.29 is 22.6 Å². The maximum Gasteiger partial charge on any atom is 0.296 e. The number of carbonyl (C=O) groups excluding carboxylic acids is 2. The van der Waals surface area contributed by atoms with Gasteiger partial charge in [0.2, 0.25) is 0 Å². The Hall–Kier alpha value is -3.23. The molecular weight excluding hydrogens is 380 g/mol. The minimum absolute atomic E-state index is 0.00655. The van der Waals surface area contributed by atoms with Crippen molar-refractivity contribution in [2.45, 2.75) is 18.7 Å². The van der Waals surface area contributed by atoms with Crippen LogP contribution in [-0.2, 0) is 10.1 Å². The molecule has 0 aromatic heterocycles. The van der Waals surface area contributed by atoms with Crippen molar-refractivity contribution in [1.29, 1.82) is 0 Å². The van der Waals surface area contributed by atoms with Gasteiger partial charge in [0.25, 0.3) is 21.9 Å². The molecule has 1 aliphatic rings. The topological polar surface area (TPSA) is 118 Å². The van der Waals surface area contributed by atoms with Crippen molar-refractivity contribution in [2.24, 2.45) is 0 Å². The molecule has 0 unspecified atom stereocenters. The lowest BCUT2D eigenvalue weighted by Crippen LogP contribution is -2.41. The van der Waals surface area contributed by atoms with Crippen LogP contribution in [0.3, 0.4) is 0 Å². The molecule has 1 heterocycles. The number of benzene rings is 3. The van der Waals surface area contributed by atoms with Crippen LogP contribution in [0.15, 0.2) is 47.4 Å². The molecule has 0 atom stereocenters. The monoisotopic (exact) mass is 396 g/mol. The van der Waals surface area contributed by atoms with Gasteiger partial charge in [-0.1, -0.05) is 24.3 Å². The fourth-order valence-electron chi connectivity index (χ4n) is 3.55. The Morgan fingerprint density at radius 1 is 0.964 bits per heavy atom. The van der Waals surface area contributed by atoms with Gasteiger partial charge in [0, 0.05) is 16.3 Å². The second-order valence-electron chi connectivity index (χ2n) is 6.77. The number of aryl methyl sites for hydroxylation is 2. The van der Waals surface area contributed by atoms with E-state index in [-0.39, 0.29) is 27.6 Å². The van der Waals surface area contributed by atoms with E-state index >= 15 is 0 Å². The minimum Gasteiger partial charge on any atom is -0.397 e. The summed E-state index contributed by atoms with van der Waals surface area (Å²) in [6.07, 6.45) is 0. The molecule has 0 aliphatic carbocycles. The predicted octanol–water partition coefficient (Wildman–Crippen LogP) is 3.09. The van der Waals surface area contributed by atoms with Gasteiger partial charge in [-0.3, -0.25) is 14.1 Å². The maximum atomic E-state index is 13.3. The summed E-state index contributed by atoms with van der Waals surface area (Å²) in [5, 5.41) is 0.508. The molecule has 0 saturated heterocycles. The van der Waals surface area contributed by atoms with Gasteiger partial charge >= 0.3 is 0 Å². The highest BCUT2D eigenvalue weighted by Crippen LogP contribution is 2.39. The van der Waals surface area contributed by atoms with Gasteiger partial charge in [0.1, 0.15) is 4.90 Å². The molecule has 7 nitrogen and oxygen atoms in total. The number of anilines is 2. The molecule has 3 aromatic carbocycles. The van der Waals surface area contributed by atoms with Crippen molar-refractivity contribution in [1.82, 2.24) is 0 Å². The zero-order chi connectivity index (χ0) is 20.4. The molecule has 8 heteroatoms. The van der Waals surface area contributed by atoms with Crippen LogP contribution in [0.25, 0.3) is 10.8 Å². The molecule has 0 fully saturated rings. The summed E-state index contributed by atoms with van der Waals surface area (Å²) in [5.41, 5.74) is 7.95. The van der Waals surface area contributed by atoms with E-state index in [1.54, 1.807) is 31.2 Å². The third-order valence-electron chi connectivity index (χ3n) is 4.92. The molecular formula is C20H16N2O5S. The number of hydrogen-bond acceptors (Lipinski definition) is 5. The van der Waals surface area contributed by atoms with Crippen LogP contribution >= 0.6 is 0 Å². The van der Waals surface area contributed by atoms with Crippen molar-refractivity contribution in [3.8, 4) is 0 Å². The van der Waals surface area contributed by atoms with Gasteiger partial charge in [-0.05, 0) is 43.2 Å². The third kappa shape index (κ3) is 2.49. The first-order chi connectivity index (χ1) is 13.1. The van der Waals surface area contributed by atoms with Gasteiger partial charge in [-0.25, -0.2) is 4.90 Å². The Morgan fingerprint density at radius 3 is 2.32 bits per heavy atom. The van der Waals surface area contributed by atoms with Crippen LogP contribution in [0.4, 0.5) is 11.4 Å². The Kier molecular flexibility index (Phi) is 3.81. The van der Waals surface area contributed by atoms with E-state index in [9.17, 15) is 22.6 Å². The summed E-state index contributed by atoms with van der Waals surface area (Å²) in [7, 11) is -4.66. The highest BCUT2D eigenvalue weighted by Gasteiger charge is 2.36. The summed E-state index contributed by atoms with van der Waals surface area (Å²) in [4.78, 5) is 26.9. The first-order valence-electron chi connectivity index (χ1n) is 8.40. The van der Waals surface area contributed by atoms with E-state index < -0.39 is 26.8 Å². The van der Waals surface area contributed by atoms with Crippen LogP contribution in [0, 0.1) is 13.8 Å². The van der Waals surface area contributed by atoms with Crippen LogP contribution in [-0.4, -0.2) is 24.8 Å². The molecule has 0 saturated carbocycles. The molecule has 0 radical (unpaired) electrons. The standard InChI is InChI=1S/C20H16N2O5S/c1-10-6-7-11(2)15(8-10)22-19(23)13-5-3-4-12-17(13)14(20(22)24)9-16(18(12)21)28(25,26)27/h3-9H,21H2,1-2H3,(H,25,26,27). The molecule has 28 heavy (non-hydrogen) atoms. The number of nitrogens with two attached hydrogens (primary N) is 1. The van der Waals surface area contributed by atoms with E-state index in [0.717, 1.165) is 16.5 Å². The zero-order valence-corrected chi connectivity index (χ0v) is 15.9. The lowest BCUT2D eigenvalue weighted by Gasteiger charge is -2.29. The average Bonchev–Trinajstić information content (AvgIpc) is 2.62. The largest absolute Gasteiger partial charge is 0.397 e. The number of nitrogen functional groups attached to an aromatic ring is 1. The van der Waals surface area contributed by atoms with Crippen LogP contribution < -0.4 is 10.6 Å². The molecule has 2 amide bonds. The number of amides is 2. The van der Waals surface area contributed by atoms with Crippen molar-refractivity contribution >= 4 is 44.1 Å². The second kappa shape index (κ2) is 5.88. The summed E-state index contributed by atoms with van der Waals surface area (Å²) in [6.45, 7) is 3.62. The maximum absolute atomic E-state index is 13.3. The molecule has 4 rings (SSSR count). The summed E-state index contributed by atoms with van der Waals surface area (Å²) in [6, 6.07) is 11.0. The first-order valence-corrected chi connectivity index (χ1v) is 9.84. The number of imide groups is 1. The fourth-order valence-corrected chi connectivity index (χ4v) is 4.21. The van der Waals surface area contributed by atoms with Gasteiger partial charge in [-0.15, -0.1) is 0 Å². The smallest absolute Gasteiger partial charge is 0.296 e. The van der Waals surface area contributed by atoms with E-state index in [4.69, 9.17) is 5.73 Å². The molecule has 0 spiro atoms. The molecule has 142 valence electrons. The van der Waals surface area contributed by atoms with Crippen LogP contribution in [0.1, 0.15) is 31.8 Å². The van der Waals surface area contributed by atoms with Crippen molar-refractivity contribution in [2.75, 3.05) is 10.6 Å². The lowest BCUT2D eigenvalue weighted by atomic mass is 9.92. The van der Waals surface area contributed by atoms with Gasteiger partial charge in [0.15, 0.2) is 0 Å². The molecule has 0 bridgehead atoms. The Labute approximate surface area is 161 Å². The predicted molar refractivity (Wildman–Crippen MR) is 105 cm³/mol. The Bertz CT molecular complexity index is 1310. The minimum atomic E-state index is -4.66. The van der Waals surface area contributed by atoms with Crippen molar-refractivity contribution in [3.63, 3.8) is 0 Å². The normalized spacial score (nSPS) is 14.0. The number of rotatable bonds is 2. The first kappa shape index (κ1) is 18.1. The Morgan fingerprint density at radius 2 is 1.64 bits per heavy atom. The zero-order valence-electron chi connectivity index (χ0n) is 15.1. The van der Waals surface area contributed by atoms with Crippen LogP contribution in [0.2, 0.25) is 0 Å². The van der Waals surface area contributed by atoms with E-state index in [1.165, 1.54) is 6.07 Å². The quantitative estimate of drug-likeness (QED) is 0.390. The van der Waals surface area contributed by atoms with E-state index in [1.807, 2.05) is 13.0 Å².